The molecule has 17 heavy (non-hydrogen) atoms. The van der Waals surface area contributed by atoms with Crippen molar-refractivity contribution >= 4 is 6.09 Å². The first-order valence-electron chi connectivity index (χ1n) is 5.71. The number of methoxy groups -OCH3 is 1. The van der Waals surface area contributed by atoms with E-state index in [4.69, 9.17) is 4.74 Å². The molecule has 1 N–H and O–H groups in total. The van der Waals surface area contributed by atoms with E-state index in [0.717, 1.165) is 17.7 Å². The van der Waals surface area contributed by atoms with Gasteiger partial charge in [0.25, 0.3) is 0 Å². The maximum Gasteiger partial charge on any atom is 0.406 e. The molecule has 0 bridgehead atoms. The predicted octanol–water partition coefficient (Wildman–Crippen LogP) is 2.29. The van der Waals surface area contributed by atoms with Gasteiger partial charge in [-0.15, -0.1) is 0 Å². The molecule has 0 saturated carbocycles. The van der Waals surface area contributed by atoms with Gasteiger partial charge in [0.15, 0.2) is 0 Å². The summed E-state index contributed by atoms with van der Waals surface area (Å²) >= 11 is 0. The fraction of sp³-hybridized carbons (Fsp3) is 0.462. The van der Waals surface area contributed by atoms with Gasteiger partial charge in [-0.1, -0.05) is 12.1 Å². The van der Waals surface area contributed by atoms with Crippen LogP contribution in [0, 0.1) is 6.92 Å². The maximum atomic E-state index is 10.9. The molecule has 0 heterocycles. The van der Waals surface area contributed by atoms with Crippen LogP contribution in [0.4, 0.5) is 4.79 Å². The number of aryl methyl sites for hydroxylation is 1. The predicted molar refractivity (Wildman–Crippen MR) is 66.5 cm³/mol. The third-order valence-electron chi connectivity index (χ3n) is 2.41. The van der Waals surface area contributed by atoms with Crippen molar-refractivity contribution in [2.75, 3.05) is 20.3 Å². The van der Waals surface area contributed by atoms with Crippen LogP contribution < -0.4 is 10.1 Å². The monoisotopic (exact) mass is 237 g/mol. The van der Waals surface area contributed by atoms with Crippen LogP contribution in [-0.4, -0.2) is 26.4 Å². The van der Waals surface area contributed by atoms with Crippen LogP contribution in [0.3, 0.4) is 0 Å². The van der Waals surface area contributed by atoms with Gasteiger partial charge in [0, 0.05) is 6.54 Å². The fourth-order valence-corrected chi connectivity index (χ4v) is 1.57. The van der Waals surface area contributed by atoms with Gasteiger partial charge in [-0.05, 0) is 37.5 Å². The highest BCUT2D eigenvalue weighted by molar-refractivity contribution is 5.66. The molecule has 1 aromatic rings. The minimum atomic E-state index is -0.396. The molecule has 1 amide bonds. The molecule has 0 spiro atoms. The topological polar surface area (TPSA) is 47.6 Å². The Hall–Kier alpha value is -1.71. The smallest absolute Gasteiger partial charge is 0.406 e. The average molecular weight is 237 g/mol. The Labute approximate surface area is 102 Å². The second kappa shape index (κ2) is 6.78. The van der Waals surface area contributed by atoms with Crippen LogP contribution in [0.2, 0.25) is 0 Å². The second-order valence-electron chi connectivity index (χ2n) is 3.70. The summed E-state index contributed by atoms with van der Waals surface area (Å²) in [5.41, 5.74) is 2.28. The normalized spacial score (nSPS) is 9.82. The average Bonchev–Trinajstić information content (AvgIpc) is 2.32. The molecule has 1 aromatic carbocycles. The van der Waals surface area contributed by atoms with E-state index in [0.29, 0.717) is 13.2 Å². The Balaban J connectivity index is 2.50. The van der Waals surface area contributed by atoms with Crippen molar-refractivity contribution in [2.24, 2.45) is 0 Å². The van der Waals surface area contributed by atoms with Crippen molar-refractivity contribution in [3.63, 3.8) is 0 Å². The second-order valence-corrected chi connectivity index (χ2v) is 3.70. The third-order valence-corrected chi connectivity index (χ3v) is 2.41. The van der Waals surface area contributed by atoms with Gasteiger partial charge in [0.1, 0.15) is 5.75 Å². The first-order chi connectivity index (χ1) is 8.17. The molecule has 1 rings (SSSR count). The number of benzene rings is 1. The molecular formula is C13H19NO3. The van der Waals surface area contributed by atoms with E-state index >= 15 is 0 Å². The lowest BCUT2D eigenvalue weighted by atomic mass is 10.1. The first-order valence-corrected chi connectivity index (χ1v) is 5.71. The van der Waals surface area contributed by atoms with Gasteiger partial charge < -0.3 is 14.8 Å². The number of carbonyl (C=O) groups excluding carboxylic acids is 1. The molecule has 0 radical (unpaired) electrons. The van der Waals surface area contributed by atoms with Crippen molar-refractivity contribution < 1.29 is 14.3 Å². The number of hydrogen-bond donors (Lipinski definition) is 1. The summed E-state index contributed by atoms with van der Waals surface area (Å²) in [5.74, 6) is 0.914. The number of ether oxygens (including phenoxy) is 2. The molecular weight excluding hydrogens is 218 g/mol. The van der Waals surface area contributed by atoms with E-state index in [-0.39, 0.29) is 0 Å². The standard InChI is InChI=1S/C13H19NO3/c1-4-17-12-6-5-11(9-10(12)2)7-8-14-13(15)16-3/h5-6,9H,4,7-8H2,1-3H3,(H,14,15). The van der Waals surface area contributed by atoms with Crippen molar-refractivity contribution in [1.29, 1.82) is 0 Å². The molecule has 0 fully saturated rings. The minimum Gasteiger partial charge on any atom is -0.494 e. The Morgan fingerprint density at radius 2 is 2.18 bits per heavy atom. The van der Waals surface area contributed by atoms with Crippen LogP contribution in [0.25, 0.3) is 0 Å². The van der Waals surface area contributed by atoms with E-state index in [1.54, 1.807) is 0 Å². The summed E-state index contributed by atoms with van der Waals surface area (Å²) in [7, 11) is 1.36. The fourth-order valence-electron chi connectivity index (χ4n) is 1.57. The quantitative estimate of drug-likeness (QED) is 0.854. The number of alkyl carbamates (subject to hydrolysis) is 1. The Morgan fingerprint density at radius 1 is 1.41 bits per heavy atom. The third kappa shape index (κ3) is 4.34. The summed E-state index contributed by atoms with van der Waals surface area (Å²) in [5, 5.41) is 2.65. The largest absolute Gasteiger partial charge is 0.494 e. The molecule has 0 aliphatic carbocycles. The number of carbonyl (C=O) groups is 1. The first kappa shape index (κ1) is 13.4. The molecule has 0 atom stereocenters. The van der Waals surface area contributed by atoms with Crippen LogP contribution in [0.15, 0.2) is 18.2 Å². The van der Waals surface area contributed by atoms with Crippen LogP contribution in [-0.2, 0) is 11.2 Å². The lowest BCUT2D eigenvalue weighted by molar-refractivity contribution is 0.171. The Morgan fingerprint density at radius 3 is 2.76 bits per heavy atom. The summed E-state index contributed by atoms with van der Waals surface area (Å²) in [6, 6.07) is 6.05. The van der Waals surface area contributed by atoms with Gasteiger partial charge in [0.2, 0.25) is 0 Å². The van der Waals surface area contributed by atoms with E-state index in [1.165, 1.54) is 12.7 Å². The summed E-state index contributed by atoms with van der Waals surface area (Å²) in [4.78, 5) is 10.9. The highest BCUT2D eigenvalue weighted by Crippen LogP contribution is 2.19. The van der Waals surface area contributed by atoms with Gasteiger partial charge in [-0.25, -0.2) is 4.79 Å². The molecule has 0 saturated heterocycles. The SMILES string of the molecule is CCOc1ccc(CCNC(=O)OC)cc1C. The van der Waals surface area contributed by atoms with Gasteiger partial charge >= 0.3 is 6.09 Å². The highest BCUT2D eigenvalue weighted by atomic mass is 16.5. The molecule has 0 aliphatic rings. The van der Waals surface area contributed by atoms with E-state index in [1.807, 2.05) is 26.0 Å². The van der Waals surface area contributed by atoms with Gasteiger partial charge in [0.05, 0.1) is 13.7 Å². The number of rotatable bonds is 5. The molecule has 0 aliphatic heterocycles. The number of hydrogen-bond acceptors (Lipinski definition) is 3. The zero-order valence-corrected chi connectivity index (χ0v) is 10.6. The van der Waals surface area contributed by atoms with E-state index < -0.39 is 6.09 Å². The van der Waals surface area contributed by atoms with Crippen molar-refractivity contribution in [2.45, 2.75) is 20.3 Å². The van der Waals surface area contributed by atoms with Gasteiger partial charge in [-0.3, -0.25) is 0 Å². The summed E-state index contributed by atoms with van der Waals surface area (Å²) < 4.78 is 9.95. The Bertz CT molecular complexity index is 377. The van der Waals surface area contributed by atoms with Crippen LogP contribution >= 0.6 is 0 Å². The van der Waals surface area contributed by atoms with E-state index in [9.17, 15) is 4.79 Å². The minimum absolute atomic E-state index is 0.396. The van der Waals surface area contributed by atoms with Gasteiger partial charge in [-0.2, -0.15) is 0 Å². The molecule has 0 aromatic heterocycles. The lowest BCUT2D eigenvalue weighted by Gasteiger charge is -2.09. The van der Waals surface area contributed by atoms with Crippen molar-refractivity contribution in [3.8, 4) is 5.75 Å². The molecule has 4 nitrogen and oxygen atoms in total. The highest BCUT2D eigenvalue weighted by Gasteiger charge is 2.02. The zero-order chi connectivity index (χ0) is 12.7. The summed E-state index contributed by atoms with van der Waals surface area (Å²) in [6.07, 6.45) is 0.384. The number of nitrogens with one attached hydrogen (secondary N) is 1. The van der Waals surface area contributed by atoms with Crippen LogP contribution in [0.5, 0.6) is 5.75 Å². The summed E-state index contributed by atoms with van der Waals surface area (Å²) in [6.45, 7) is 5.22. The maximum absolute atomic E-state index is 10.9. The molecule has 0 unspecified atom stereocenters. The number of amides is 1. The molecule has 94 valence electrons. The molecule has 4 heteroatoms. The Kier molecular flexibility index (Phi) is 5.33. The zero-order valence-electron chi connectivity index (χ0n) is 10.6. The van der Waals surface area contributed by atoms with Crippen molar-refractivity contribution in [1.82, 2.24) is 5.32 Å². The van der Waals surface area contributed by atoms with E-state index in [2.05, 4.69) is 16.1 Å². The van der Waals surface area contributed by atoms with Crippen LogP contribution in [0.1, 0.15) is 18.1 Å². The van der Waals surface area contributed by atoms with Crippen molar-refractivity contribution in [3.05, 3.63) is 29.3 Å². The lowest BCUT2D eigenvalue weighted by Crippen LogP contribution is -2.25.